The van der Waals surface area contributed by atoms with Crippen molar-refractivity contribution in [1.29, 1.82) is 0 Å². The second-order valence-electron chi connectivity index (χ2n) is 14.4. The van der Waals surface area contributed by atoms with Gasteiger partial charge in [0.15, 0.2) is 5.71 Å². The molecule has 10 nitrogen and oxygen atoms in total. The van der Waals surface area contributed by atoms with Crippen LogP contribution in [0, 0.1) is 7.43 Å². The first-order valence-corrected chi connectivity index (χ1v) is 22.4. The summed E-state index contributed by atoms with van der Waals surface area (Å²) in [6, 6.07) is 16.9. The molecule has 1 aliphatic carbocycles. The van der Waals surface area contributed by atoms with E-state index in [2.05, 4.69) is 107 Å². The Morgan fingerprint density at radius 3 is 2.20 bits per heavy atom. The topological polar surface area (TPSA) is 199 Å². The van der Waals surface area contributed by atoms with Crippen LogP contribution < -0.4 is 4.90 Å². The van der Waals surface area contributed by atoms with Crippen LogP contribution >= 0.6 is 21.0 Å². The van der Waals surface area contributed by atoms with E-state index in [0.717, 1.165) is 66.2 Å². The van der Waals surface area contributed by atoms with Gasteiger partial charge in [-0.05, 0) is 87.6 Å². The van der Waals surface area contributed by atoms with Gasteiger partial charge in [0.1, 0.15) is 6.54 Å². The van der Waals surface area contributed by atoms with Crippen LogP contribution in [0.5, 0.6) is 0 Å². The molecule has 2 heterocycles. The molecule has 0 atom stereocenters. The van der Waals surface area contributed by atoms with Crippen molar-refractivity contribution in [3.8, 4) is 0 Å². The average Bonchev–Trinajstić information content (AvgIpc) is 3.44. The zero-order valence-corrected chi connectivity index (χ0v) is 37.1. The summed E-state index contributed by atoms with van der Waals surface area (Å²) in [7, 11) is 0.375. The van der Waals surface area contributed by atoms with Crippen molar-refractivity contribution in [2.75, 3.05) is 23.7 Å². The van der Waals surface area contributed by atoms with Crippen LogP contribution in [0.15, 0.2) is 94.7 Å². The number of anilines is 1. The molecule has 2 aromatic rings. The molecule has 0 fully saturated rings. The maximum atomic E-state index is 11.2. The Morgan fingerprint density at radius 2 is 1.55 bits per heavy atom. The van der Waals surface area contributed by atoms with Crippen LogP contribution in [0.4, 0.5) is 11.4 Å². The molecule has 311 valence electrons. The maximum Gasteiger partial charge on any atom is -0.693 e. The molecule has 0 saturated carbocycles. The number of unbranched alkanes of at least 4 members (excludes halogenated alkanes) is 3. The maximum absolute atomic E-state index is 11.2. The van der Waals surface area contributed by atoms with Crippen LogP contribution in [0.1, 0.15) is 96.6 Å². The summed E-state index contributed by atoms with van der Waals surface area (Å²) < 4.78 is 36.0. The predicted molar refractivity (Wildman–Crippen MR) is 224 cm³/mol. The summed E-state index contributed by atoms with van der Waals surface area (Å²) in [5, 5.41) is 9.83. The molecule has 0 amide bonds. The van der Waals surface area contributed by atoms with Crippen LogP contribution in [0.25, 0.3) is 12.3 Å². The number of benzene rings is 2. The molecule has 0 aromatic heterocycles. The van der Waals surface area contributed by atoms with Gasteiger partial charge in [0.2, 0.25) is 5.69 Å². The average molecular weight is 1000 g/mol. The zero-order chi connectivity index (χ0) is 37.4. The van der Waals surface area contributed by atoms with E-state index in [9.17, 15) is 17.8 Å². The van der Waals surface area contributed by atoms with Gasteiger partial charge in [0, 0.05) is 64.7 Å². The standard InChI is InChI=1S/C40H49ClN2O5S.CH3.ClH.2H2N.H2O.Pt/c1-39(2)31-17-7-9-19-33(31)42(26-11-5-6-21-37(44)45)35(39)24-22-29-15-14-16-30(38(29)41)23-25-36-40(3,4)32-18-8-10-20-34(32)43(36)27-12-13-28-49(46,47)48;;;;;;/h7-10,17-20,22-25H,5-6,11-16,21,26-28H2,1-4H3,(H-,44,45,46,47,48);1H3;1H;3*1H2;/q;-1;;2*-1;;+1/p-1. The summed E-state index contributed by atoms with van der Waals surface area (Å²) in [4.78, 5) is 13.3. The zero-order valence-electron chi connectivity index (χ0n) is 32.5. The van der Waals surface area contributed by atoms with Gasteiger partial charge in [-0.15, -0.1) is 0 Å². The van der Waals surface area contributed by atoms with Crippen molar-refractivity contribution < 1.29 is 51.7 Å². The third-order valence-electron chi connectivity index (χ3n) is 10.2. The van der Waals surface area contributed by atoms with E-state index in [1.807, 2.05) is 12.1 Å². The van der Waals surface area contributed by atoms with Gasteiger partial charge in [-0.3, -0.25) is 4.79 Å². The van der Waals surface area contributed by atoms with Crippen LogP contribution in [-0.2, 0) is 44.5 Å². The van der Waals surface area contributed by atoms with Crippen molar-refractivity contribution in [2.24, 2.45) is 0 Å². The summed E-state index contributed by atoms with van der Waals surface area (Å²) in [6.45, 7) is 10.4. The normalized spacial score (nSPS) is 18.1. The fourth-order valence-corrected chi connectivity index (χ4v) is 8.48. The Morgan fingerprint density at radius 1 is 0.909 bits per heavy atom. The number of carboxylic acid groups (broad SMARTS) is 1. The number of nitrogens with zero attached hydrogens (tertiary/aromatic N) is 2. The first-order chi connectivity index (χ1) is 24.2. The van der Waals surface area contributed by atoms with Gasteiger partial charge in [0.05, 0.1) is 15.5 Å². The fraction of sp³-hybridized carbons (Fsp3) is 0.439. The summed E-state index contributed by atoms with van der Waals surface area (Å²) in [6.07, 6.45) is 15.1. The molecule has 0 unspecified atom stereocenters. The van der Waals surface area contributed by atoms with Crippen molar-refractivity contribution in [3.05, 3.63) is 126 Å². The minimum absolute atomic E-state index is 0. The first kappa shape index (κ1) is 52.4. The van der Waals surface area contributed by atoms with Gasteiger partial charge >= 0.3 is 34.2 Å². The SMILES string of the molecule is CC1(C)C(=CC=C2CCCC(C=CC3=[N+](CCCCCC(=O)O)c4ccccc4C3(C)C)=C2Cl)N(CCCCS(=O)(=O)[O-])c2ccccc21.O.[CH3-].[Cl][Pt].[NH2-].[NH2-]. The molecule has 0 saturated heterocycles. The number of allylic oxidation sites excluding steroid dienone is 8. The number of aliphatic carboxylic acids is 1. The van der Waals surface area contributed by atoms with E-state index in [1.54, 1.807) is 18.8 Å². The summed E-state index contributed by atoms with van der Waals surface area (Å²) >= 11 is 8.77. The van der Waals surface area contributed by atoms with E-state index in [0.29, 0.717) is 25.8 Å². The molecule has 7 N–H and O–H groups in total. The summed E-state index contributed by atoms with van der Waals surface area (Å²) in [5.41, 5.74) is 8.92. The number of carboxylic acids is 1. The van der Waals surface area contributed by atoms with E-state index in [4.69, 9.17) is 16.7 Å². The molecule has 0 spiro atoms. The van der Waals surface area contributed by atoms with Crippen molar-refractivity contribution >= 4 is 54.2 Å². The quantitative estimate of drug-likeness (QED) is 0.0845. The monoisotopic (exact) mass is 999 g/mol. The smallest absolute Gasteiger partial charge is 0.693 e. The van der Waals surface area contributed by atoms with Crippen molar-refractivity contribution in [2.45, 2.75) is 96.3 Å². The third-order valence-corrected chi connectivity index (χ3v) is 11.5. The molecule has 0 bridgehead atoms. The van der Waals surface area contributed by atoms with E-state index in [1.165, 1.54) is 22.5 Å². The largest absolute Gasteiger partial charge is 0.693 e. The number of para-hydroxylation sites is 2. The second-order valence-corrected chi connectivity index (χ2v) is 16.3. The van der Waals surface area contributed by atoms with Crippen LogP contribution in [0.2, 0.25) is 0 Å². The van der Waals surface area contributed by atoms with Crippen molar-refractivity contribution in [1.82, 2.24) is 0 Å². The van der Waals surface area contributed by atoms with Gasteiger partial charge in [-0.25, -0.2) is 8.42 Å². The Hall–Kier alpha value is -2.60. The molecular weight excluding hydrogens is 943 g/mol. The molecule has 2 aromatic carbocycles. The molecule has 0 radical (unpaired) electrons. The van der Waals surface area contributed by atoms with Crippen molar-refractivity contribution in [3.63, 3.8) is 0 Å². The van der Waals surface area contributed by atoms with Crippen LogP contribution in [0.3, 0.4) is 0 Å². The second kappa shape index (κ2) is 23.0. The molecular formula is C41H58Cl2N4O6PtS-3. The molecule has 14 heteroatoms. The Balaban J connectivity index is 0.00000478. The van der Waals surface area contributed by atoms with Gasteiger partial charge in [0.25, 0.3) is 0 Å². The third kappa shape index (κ3) is 12.7. The van der Waals surface area contributed by atoms with E-state index in [-0.39, 0.29) is 48.2 Å². The van der Waals surface area contributed by atoms with E-state index >= 15 is 0 Å². The molecule has 3 aliphatic rings. The van der Waals surface area contributed by atoms with E-state index < -0.39 is 16.1 Å². The van der Waals surface area contributed by atoms with Gasteiger partial charge in [-0.2, -0.15) is 4.58 Å². The number of rotatable bonds is 14. The Kier molecular flexibility index (Phi) is 21.9. The first-order valence-electron chi connectivity index (χ1n) is 17.6. The van der Waals surface area contributed by atoms with Gasteiger partial charge in [-0.1, -0.05) is 74.0 Å². The number of fused-ring (bicyclic) bond motifs is 2. The van der Waals surface area contributed by atoms with Crippen LogP contribution in [-0.4, -0.2) is 58.7 Å². The summed E-state index contributed by atoms with van der Waals surface area (Å²) in [5.74, 6) is -1.09. The number of nitrogens with two attached hydrogens (primary N) is 2. The Labute approximate surface area is 349 Å². The minimum Gasteiger partial charge on any atom is -0.693 e. The number of hydrogen-bond acceptors (Lipinski definition) is 5. The fourth-order valence-electron chi connectivity index (χ4n) is 7.60. The Bertz CT molecular complexity index is 1870. The number of carbonyl (C=O) groups is 1. The number of halogens is 2. The minimum atomic E-state index is -4.24. The number of hydrogen-bond donors (Lipinski definition) is 1. The predicted octanol–water partition coefficient (Wildman–Crippen LogP) is 10.6. The molecule has 55 heavy (non-hydrogen) atoms. The van der Waals surface area contributed by atoms with Gasteiger partial charge < -0.3 is 39.8 Å². The molecule has 2 aliphatic heterocycles. The molecule has 5 rings (SSSR count).